The summed E-state index contributed by atoms with van der Waals surface area (Å²) in [6.07, 6.45) is 0. The number of aryl methyl sites for hydroxylation is 1. The highest BCUT2D eigenvalue weighted by atomic mass is 35.5. The van der Waals surface area contributed by atoms with E-state index >= 15 is 0 Å². The molecule has 0 aliphatic rings. The Morgan fingerprint density at radius 2 is 1.92 bits per heavy atom. The zero-order valence-electron chi connectivity index (χ0n) is 13.4. The van der Waals surface area contributed by atoms with Crippen LogP contribution < -0.4 is 10.6 Å². The van der Waals surface area contributed by atoms with Gasteiger partial charge in [0.15, 0.2) is 0 Å². The Hall–Kier alpha value is -2.75. The largest absolute Gasteiger partial charge is 0.325 e. The maximum Gasteiger partial charge on any atom is 0.221 e. The lowest BCUT2D eigenvalue weighted by Gasteiger charge is -2.10. The molecule has 3 rings (SSSR count). The summed E-state index contributed by atoms with van der Waals surface area (Å²) in [6.45, 7) is 1.39. The monoisotopic (exact) mass is 373 g/mol. The van der Waals surface area contributed by atoms with E-state index in [-0.39, 0.29) is 5.91 Å². The quantitative estimate of drug-likeness (QED) is 0.709. The van der Waals surface area contributed by atoms with Crippen LogP contribution in [0.1, 0.15) is 12.5 Å². The predicted molar refractivity (Wildman–Crippen MR) is 99.5 cm³/mol. The smallest absolute Gasteiger partial charge is 0.221 e. The third-order valence-electron chi connectivity index (χ3n) is 3.66. The van der Waals surface area contributed by atoms with Crippen LogP contribution >= 0.6 is 23.2 Å². The van der Waals surface area contributed by atoms with E-state index in [1.807, 2.05) is 0 Å². The Morgan fingerprint density at radius 1 is 1.24 bits per heavy atom. The molecule has 0 unspecified atom stereocenters. The Morgan fingerprint density at radius 3 is 2.52 bits per heavy atom. The average Bonchev–Trinajstić information content (AvgIpc) is 2.87. The van der Waals surface area contributed by atoms with Crippen molar-refractivity contribution in [1.29, 1.82) is 5.26 Å². The molecule has 1 amide bonds. The van der Waals surface area contributed by atoms with E-state index in [9.17, 15) is 10.1 Å². The molecule has 0 bridgehead atoms. The molecule has 0 radical (unpaired) electrons. The molecule has 6 nitrogen and oxygen atoms in total. The van der Waals surface area contributed by atoms with E-state index < -0.39 is 0 Å². The SMILES string of the molecule is CC(=O)Nc1ccc2nc(Nc3c(Cl)cccc3Cl)n(C)c2c1C#N. The zero-order valence-corrected chi connectivity index (χ0v) is 14.9. The summed E-state index contributed by atoms with van der Waals surface area (Å²) in [5.74, 6) is 0.223. The number of para-hydroxylation sites is 1. The molecule has 2 N–H and O–H groups in total. The molecule has 1 heterocycles. The van der Waals surface area contributed by atoms with Crippen LogP contribution in [0.25, 0.3) is 11.0 Å². The molecule has 2 aromatic carbocycles. The summed E-state index contributed by atoms with van der Waals surface area (Å²) in [4.78, 5) is 15.8. The second kappa shape index (κ2) is 6.63. The fourth-order valence-electron chi connectivity index (χ4n) is 2.55. The molecule has 25 heavy (non-hydrogen) atoms. The maximum atomic E-state index is 11.3. The van der Waals surface area contributed by atoms with E-state index in [4.69, 9.17) is 23.2 Å². The van der Waals surface area contributed by atoms with E-state index in [1.165, 1.54) is 6.92 Å². The lowest BCUT2D eigenvalue weighted by Crippen LogP contribution is -2.08. The summed E-state index contributed by atoms with van der Waals surface area (Å²) >= 11 is 12.4. The summed E-state index contributed by atoms with van der Waals surface area (Å²) in [5.41, 5.74) is 2.51. The highest BCUT2D eigenvalue weighted by molar-refractivity contribution is 6.39. The number of hydrogen-bond acceptors (Lipinski definition) is 4. The number of nitrogens with one attached hydrogen (secondary N) is 2. The third-order valence-corrected chi connectivity index (χ3v) is 4.29. The number of imidazole rings is 1. The van der Waals surface area contributed by atoms with Crippen LogP contribution in [-0.2, 0) is 11.8 Å². The van der Waals surface area contributed by atoms with Crippen LogP contribution in [0.2, 0.25) is 10.0 Å². The number of carbonyl (C=O) groups is 1. The van der Waals surface area contributed by atoms with Crippen molar-refractivity contribution in [3.8, 4) is 6.07 Å². The van der Waals surface area contributed by atoms with Crippen molar-refractivity contribution in [2.75, 3.05) is 10.6 Å². The van der Waals surface area contributed by atoms with Gasteiger partial charge in [-0.05, 0) is 24.3 Å². The van der Waals surface area contributed by atoms with Crippen molar-refractivity contribution in [2.45, 2.75) is 6.92 Å². The fraction of sp³-hybridized carbons (Fsp3) is 0.118. The van der Waals surface area contributed by atoms with Gasteiger partial charge in [-0.2, -0.15) is 5.26 Å². The van der Waals surface area contributed by atoms with Crippen LogP contribution in [0, 0.1) is 11.3 Å². The lowest BCUT2D eigenvalue weighted by molar-refractivity contribution is -0.114. The number of rotatable bonds is 3. The summed E-state index contributed by atoms with van der Waals surface area (Å²) in [6, 6.07) is 10.7. The van der Waals surface area contributed by atoms with Crippen molar-refractivity contribution in [3.05, 3.63) is 45.9 Å². The number of fused-ring (bicyclic) bond motifs is 1. The van der Waals surface area contributed by atoms with Crippen molar-refractivity contribution < 1.29 is 4.79 Å². The first-order valence-corrected chi connectivity index (χ1v) is 8.06. The summed E-state index contributed by atoms with van der Waals surface area (Å²) in [7, 11) is 1.76. The van der Waals surface area contributed by atoms with Gasteiger partial charge < -0.3 is 15.2 Å². The van der Waals surface area contributed by atoms with Crippen LogP contribution in [0.15, 0.2) is 30.3 Å². The van der Waals surface area contributed by atoms with Gasteiger partial charge in [-0.1, -0.05) is 29.3 Å². The second-order valence-electron chi connectivity index (χ2n) is 5.36. The van der Waals surface area contributed by atoms with Gasteiger partial charge in [-0.15, -0.1) is 0 Å². The Balaban J connectivity index is 2.15. The molecule has 0 saturated carbocycles. The molecule has 1 aromatic heterocycles. The first-order valence-electron chi connectivity index (χ1n) is 7.30. The molecular weight excluding hydrogens is 361 g/mol. The predicted octanol–water partition coefficient (Wildman–Crippen LogP) is 4.45. The Labute approximate surface area is 154 Å². The van der Waals surface area contributed by atoms with Gasteiger partial charge in [-0.25, -0.2) is 4.98 Å². The number of anilines is 3. The number of nitrogens with zero attached hydrogens (tertiary/aromatic N) is 3. The maximum absolute atomic E-state index is 11.3. The van der Waals surface area contributed by atoms with Gasteiger partial charge in [0.2, 0.25) is 11.9 Å². The van der Waals surface area contributed by atoms with Gasteiger partial charge >= 0.3 is 0 Å². The standard InChI is InChI=1S/C17H13Cl2N5O/c1-9(25)21-13-6-7-14-16(10(13)8-20)24(2)17(22-14)23-15-11(18)4-3-5-12(15)19/h3-7H,1-2H3,(H,21,25)(H,22,23). The normalized spacial score (nSPS) is 10.5. The molecule has 0 saturated heterocycles. The molecule has 0 atom stereocenters. The van der Waals surface area contributed by atoms with Gasteiger partial charge in [0.05, 0.1) is 32.5 Å². The number of aromatic nitrogens is 2. The lowest BCUT2D eigenvalue weighted by atomic mass is 10.1. The molecule has 0 aliphatic heterocycles. The number of hydrogen-bond donors (Lipinski definition) is 2. The van der Waals surface area contributed by atoms with Crippen molar-refractivity contribution in [2.24, 2.45) is 7.05 Å². The molecule has 3 aromatic rings. The molecule has 0 fully saturated rings. The van der Waals surface area contributed by atoms with E-state index in [0.717, 1.165) is 0 Å². The average molecular weight is 374 g/mol. The van der Waals surface area contributed by atoms with Crippen LogP contribution in [0.3, 0.4) is 0 Å². The van der Waals surface area contributed by atoms with E-state index in [1.54, 1.807) is 41.9 Å². The number of halogens is 2. The zero-order chi connectivity index (χ0) is 18.1. The highest BCUT2D eigenvalue weighted by Gasteiger charge is 2.17. The minimum absolute atomic E-state index is 0.251. The number of amides is 1. The van der Waals surface area contributed by atoms with Crippen LogP contribution in [-0.4, -0.2) is 15.5 Å². The first-order chi connectivity index (χ1) is 11.9. The third kappa shape index (κ3) is 3.12. The summed E-state index contributed by atoms with van der Waals surface area (Å²) < 4.78 is 1.72. The van der Waals surface area contributed by atoms with E-state index in [0.29, 0.717) is 44.0 Å². The first kappa shape index (κ1) is 17.1. The Kier molecular flexibility index (Phi) is 4.53. The van der Waals surface area contributed by atoms with Gasteiger partial charge in [0, 0.05) is 14.0 Å². The molecule has 0 aliphatic carbocycles. The van der Waals surface area contributed by atoms with Gasteiger partial charge in [-0.3, -0.25) is 4.79 Å². The summed E-state index contributed by atoms with van der Waals surface area (Å²) in [5, 5.41) is 16.2. The minimum atomic E-state index is -0.251. The fourth-order valence-corrected chi connectivity index (χ4v) is 3.04. The van der Waals surface area contributed by atoms with Crippen molar-refractivity contribution in [1.82, 2.24) is 9.55 Å². The van der Waals surface area contributed by atoms with Gasteiger partial charge in [0.1, 0.15) is 11.6 Å². The van der Waals surface area contributed by atoms with E-state index in [2.05, 4.69) is 21.7 Å². The van der Waals surface area contributed by atoms with Crippen LogP contribution in [0.4, 0.5) is 17.3 Å². The van der Waals surface area contributed by atoms with Crippen molar-refractivity contribution >= 4 is 57.5 Å². The molecule has 126 valence electrons. The van der Waals surface area contributed by atoms with Crippen LogP contribution in [0.5, 0.6) is 0 Å². The van der Waals surface area contributed by atoms with Crippen molar-refractivity contribution in [3.63, 3.8) is 0 Å². The second-order valence-corrected chi connectivity index (χ2v) is 6.18. The number of benzene rings is 2. The highest BCUT2D eigenvalue weighted by Crippen LogP contribution is 2.34. The Bertz CT molecular complexity index is 1020. The minimum Gasteiger partial charge on any atom is -0.325 e. The molecule has 8 heteroatoms. The molecule has 0 spiro atoms. The van der Waals surface area contributed by atoms with Gasteiger partial charge in [0.25, 0.3) is 0 Å². The molecular formula is C17H13Cl2N5O. The number of carbonyl (C=O) groups excluding carboxylic acids is 1. The number of nitriles is 1. The topological polar surface area (TPSA) is 82.7 Å².